The quantitative estimate of drug-likeness (QED) is 0.876. The van der Waals surface area contributed by atoms with Crippen molar-refractivity contribution in [3.05, 3.63) is 35.4 Å². The number of fused-ring (bicyclic) bond motifs is 1. The molecule has 142 valence electrons. The van der Waals surface area contributed by atoms with E-state index >= 15 is 0 Å². The molecule has 0 aliphatic carbocycles. The Morgan fingerprint density at radius 1 is 1.12 bits per heavy atom. The third-order valence-electron chi connectivity index (χ3n) is 6.20. The third kappa shape index (κ3) is 4.27. The van der Waals surface area contributed by atoms with Gasteiger partial charge in [-0.1, -0.05) is 30.7 Å². The molecule has 5 heteroatoms. The average Bonchev–Trinajstić information content (AvgIpc) is 3.12. The van der Waals surface area contributed by atoms with Gasteiger partial charge in [0.15, 0.2) is 0 Å². The van der Waals surface area contributed by atoms with Gasteiger partial charge >= 0.3 is 0 Å². The van der Waals surface area contributed by atoms with Gasteiger partial charge in [0.2, 0.25) is 5.91 Å². The molecule has 5 nitrogen and oxygen atoms in total. The monoisotopic (exact) mass is 357 g/mol. The van der Waals surface area contributed by atoms with Crippen molar-refractivity contribution >= 4 is 5.91 Å². The van der Waals surface area contributed by atoms with Gasteiger partial charge in [0.05, 0.1) is 19.1 Å². The van der Waals surface area contributed by atoms with Gasteiger partial charge in [-0.25, -0.2) is 0 Å². The molecular formula is C21H31N3O2. The fraction of sp³-hybridized carbons (Fsp3) is 0.667. The summed E-state index contributed by atoms with van der Waals surface area (Å²) in [6, 6.07) is 9.14. The van der Waals surface area contributed by atoms with Crippen LogP contribution in [0.3, 0.4) is 0 Å². The second kappa shape index (κ2) is 8.51. The normalized spacial score (nSPS) is 27.2. The Kier molecular flexibility index (Phi) is 5.88. The molecule has 0 aromatic heterocycles. The van der Waals surface area contributed by atoms with E-state index in [9.17, 15) is 4.79 Å². The molecule has 1 aromatic carbocycles. The van der Waals surface area contributed by atoms with Crippen molar-refractivity contribution in [2.75, 3.05) is 39.4 Å². The van der Waals surface area contributed by atoms with Gasteiger partial charge in [0.1, 0.15) is 0 Å². The van der Waals surface area contributed by atoms with Crippen LogP contribution in [0.5, 0.6) is 0 Å². The molecule has 0 saturated carbocycles. The molecule has 0 spiro atoms. The first-order chi connectivity index (χ1) is 12.8. The lowest BCUT2D eigenvalue weighted by molar-refractivity contribution is -0.124. The summed E-state index contributed by atoms with van der Waals surface area (Å²) in [7, 11) is 0. The molecule has 3 aliphatic heterocycles. The van der Waals surface area contributed by atoms with Crippen LogP contribution in [-0.4, -0.2) is 61.1 Å². The van der Waals surface area contributed by atoms with Crippen molar-refractivity contribution < 1.29 is 9.53 Å². The van der Waals surface area contributed by atoms with Crippen LogP contribution in [0.4, 0.5) is 0 Å². The minimum Gasteiger partial charge on any atom is -0.379 e. The number of benzene rings is 1. The zero-order chi connectivity index (χ0) is 17.8. The van der Waals surface area contributed by atoms with Crippen LogP contribution in [0.25, 0.3) is 0 Å². The molecule has 1 aromatic rings. The lowest BCUT2D eigenvalue weighted by Gasteiger charge is -2.28. The van der Waals surface area contributed by atoms with Gasteiger partial charge in [-0.2, -0.15) is 0 Å². The van der Waals surface area contributed by atoms with Crippen LogP contribution >= 0.6 is 0 Å². The molecule has 0 radical (unpaired) electrons. The van der Waals surface area contributed by atoms with Crippen LogP contribution < -0.4 is 5.32 Å². The zero-order valence-electron chi connectivity index (χ0n) is 15.7. The van der Waals surface area contributed by atoms with E-state index in [1.165, 1.54) is 36.9 Å². The average molecular weight is 357 g/mol. The smallest absolute Gasteiger partial charge is 0.224 e. The Morgan fingerprint density at radius 2 is 1.92 bits per heavy atom. The maximum absolute atomic E-state index is 12.7. The molecule has 3 saturated heterocycles. The molecule has 1 N–H and O–H groups in total. The van der Waals surface area contributed by atoms with E-state index in [0.717, 1.165) is 45.8 Å². The highest BCUT2D eigenvalue weighted by atomic mass is 16.5. The van der Waals surface area contributed by atoms with Gasteiger partial charge in [-0.15, -0.1) is 0 Å². The van der Waals surface area contributed by atoms with E-state index in [1.54, 1.807) is 0 Å². The van der Waals surface area contributed by atoms with Crippen molar-refractivity contribution in [3.8, 4) is 0 Å². The highest BCUT2D eigenvalue weighted by molar-refractivity contribution is 5.79. The number of hydrogen-bond acceptors (Lipinski definition) is 4. The number of nitrogens with one attached hydrogen (secondary N) is 1. The van der Waals surface area contributed by atoms with E-state index in [4.69, 9.17) is 4.74 Å². The molecule has 3 heterocycles. The molecule has 2 atom stereocenters. The summed E-state index contributed by atoms with van der Waals surface area (Å²) >= 11 is 0. The molecule has 1 amide bonds. The minimum atomic E-state index is 0.171. The van der Waals surface area contributed by atoms with Gasteiger partial charge in [0.25, 0.3) is 0 Å². The highest BCUT2D eigenvalue weighted by Gasteiger charge is 2.36. The lowest BCUT2D eigenvalue weighted by atomic mass is 9.99. The Bertz CT molecular complexity index is 601. The first-order valence-corrected chi connectivity index (χ1v) is 10.2. The van der Waals surface area contributed by atoms with Crippen LogP contribution in [0.1, 0.15) is 36.8 Å². The minimum absolute atomic E-state index is 0.171. The number of hydrogen-bond donors (Lipinski definition) is 1. The largest absolute Gasteiger partial charge is 0.379 e. The predicted octanol–water partition coefficient (Wildman–Crippen LogP) is 2.01. The molecule has 0 unspecified atom stereocenters. The molecule has 4 rings (SSSR count). The number of amides is 1. The van der Waals surface area contributed by atoms with Crippen LogP contribution in [0.15, 0.2) is 24.3 Å². The Morgan fingerprint density at radius 3 is 2.73 bits per heavy atom. The number of ether oxygens (including phenoxy) is 1. The van der Waals surface area contributed by atoms with Crippen molar-refractivity contribution in [1.82, 2.24) is 15.1 Å². The fourth-order valence-electron chi connectivity index (χ4n) is 4.65. The standard InChI is InChI=1S/C21H31N3O2/c25-21(19-13-20-7-3-4-8-24(20)16-19)22-14-17-5-1-2-6-18(17)15-23-9-11-26-12-10-23/h1-2,5-6,19-20H,3-4,7-16H2,(H,22,25)/t19-,20-/m1/s1. The number of piperidine rings is 1. The van der Waals surface area contributed by atoms with Crippen LogP contribution in [-0.2, 0) is 22.6 Å². The van der Waals surface area contributed by atoms with E-state index in [2.05, 4.69) is 39.4 Å². The number of carbonyl (C=O) groups excluding carboxylic acids is 1. The van der Waals surface area contributed by atoms with Crippen molar-refractivity contribution in [2.45, 2.75) is 44.8 Å². The van der Waals surface area contributed by atoms with E-state index in [1.807, 2.05) is 0 Å². The zero-order valence-corrected chi connectivity index (χ0v) is 15.7. The van der Waals surface area contributed by atoms with E-state index in [0.29, 0.717) is 12.6 Å². The first kappa shape index (κ1) is 18.0. The SMILES string of the molecule is O=C(NCc1ccccc1CN1CCOCC1)[C@@H]1C[C@H]2CCCCN2C1. The Balaban J connectivity index is 1.32. The fourth-order valence-corrected chi connectivity index (χ4v) is 4.65. The van der Waals surface area contributed by atoms with E-state index < -0.39 is 0 Å². The summed E-state index contributed by atoms with van der Waals surface area (Å²) in [6.45, 7) is 7.31. The highest BCUT2D eigenvalue weighted by Crippen LogP contribution is 2.30. The summed E-state index contributed by atoms with van der Waals surface area (Å²) in [5, 5.41) is 3.22. The molecule has 0 bridgehead atoms. The number of rotatable bonds is 5. The van der Waals surface area contributed by atoms with Crippen LogP contribution in [0.2, 0.25) is 0 Å². The van der Waals surface area contributed by atoms with Crippen molar-refractivity contribution in [1.29, 1.82) is 0 Å². The van der Waals surface area contributed by atoms with Crippen molar-refractivity contribution in [2.24, 2.45) is 5.92 Å². The second-order valence-electron chi connectivity index (χ2n) is 7.95. The second-order valence-corrected chi connectivity index (χ2v) is 7.95. The van der Waals surface area contributed by atoms with Crippen LogP contribution in [0, 0.1) is 5.92 Å². The molecular weight excluding hydrogens is 326 g/mol. The number of morpholine rings is 1. The van der Waals surface area contributed by atoms with Gasteiger partial charge in [-0.3, -0.25) is 14.6 Å². The van der Waals surface area contributed by atoms with Crippen molar-refractivity contribution in [3.63, 3.8) is 0 Å². The Hall–Kier alpha value is -1.43. The maximum Gasteiger partial charge on any atom is 0.224 e. The first-order valence-electron chi connectivity index (χ1n) is 10.2. The summed E-state index contributed by atoms with van der Waals surface area (Å²) in [6.07, 6.45) is 4.93. The topological polar surface area (TPSA) is 44.8 Å². The van der Waals surface area contributed by atoms with Gasteiger partial charge in [0, 0.05) is 38.8 Å². The summed E-state index contributed by atoms with van der Waals surface area (Å²) in [4.78, 5) is 17.7. The van der Waals surface area contributed by atoms with Gasteiger partial charge in [-0.05, 0) is 36.9 Å². The summed E-state index contributed by atoms with van der Waals surface area (Å²) < 4.78 is 5.44. The number of carbonyl (C=O) groups is 1. The maximum atomic E-state index is 12.7. The lowest BCUT2D eigenvalue weighted by Crippen LogP contribution is -2.36. The predicted molar refractivity (Wildman–Crippen MR) is 102 cm³/mol. The Labute approximate surface area is 156 Å². The number of nitrogens with zero attached hydrogens (tertiary/aromatic N) is 2. The third-order valence-corrected chi connectivity index (χ3v) is 6.20. The summed E-state index contributed by atoms with van der Waals surface area (Å²) in [5.74, 6) is 0.407. The van der Waals surface area contributed by atoms with Gasteiger partial charge < -0.3 is 10.1 Å². The van der Waals surface area contributed by atoms with E-state index in [-0.39, 0.29) is 11.8 Å². The molecule has 3 aliphatic rings. The summed E-state index contributed by atoms with van der Waals surface area (Å²) in [5.41, 5.74) is 2.56. The molecule has 26 heavy (non-hydrogen) atoms. The molecule has 3 fully saturated rings.